The van der Waals surface area contributed by atoms with Crippen molar-refractivity contribution in [2.45, 2.75) is 25.7 Å². The Kier molecular flexibility index (Phi) is 3.50. The van der Waals surface area contributed by atoms with Gasteiger partial charge in [0.25, 0.3) is 5.91 Å². The predicted molar refractivity (Wildman–Crippen MR) is 75.4 cm³/mol. The monoisotopic (exact) mass is 270 g/mol. The van der Waals surface area contributed by atoms with E-state index in [0.29, 0.717) is 11.5 Å². The second-order valence-electron chi connectivity index (χ2n) is 5.28. The van der Waals surface area contributed by atoms with Crippen LogP contribution >= 0.6 is 0 Å². The van der Waals surface area contributed by atoms with Gasteiger partial charge in [0, 0.05) is 48.9 Å². The van der Waals surface area contributed by atoms with Gasteiger partial charge >= 0.3 is 0 Å². The summed E-state index contributed by atoms with van der Waals surface area (Å²) in [5, 5.41) is 0. The Bertz CT molecular complexity index is 593. The van der Waals surface area contributed by atoms with Crippen LogP contribution in [0.1, 0.15) is 40.6 Å². The average Bonchev–Trinajstić information content (AvgIpc) is 2.94. The Labute approximate surface area is 118 Å². The van der Waals surface area contributed by atoms with Crippen molar-refractivity contribution in [3.63, 3.8) is 0 Å². The third-order valence-corrected chi connectivity index (χ3v) is 3.75. The second kappa shape index (κ2) is 5.45. The Morgan fingerprint density at radius 3 is 2.90 bits per heavy atom. The molecule has 5 heteroatoms. The van der Waals surface area contributed by atoms with E-state index in [2.05, 4.69) is 15.0 Å². The number of carbonyl (C=O) groups is 1. The van der Waals surface area contributed by atoms with Gasteiger partial charge in [-0.1, -0.05) is 0 Å². The number of rotatable bonds is 2. The zero-order valence-electron chi connectivity index (χ0n) is 11.5. The Morgan fingerprint density at radius 2 is 2.20 bits per heavy atom. The third kappa shape index (κ3) is 2.57. The number of imidazole rings is 1. The van der Waals surface area contributed by atoms with Crippen LogP contribution < -0.4 is 0 Å². The molecular formula is C15H18N4O. The summed E-state index contributed by atoms with van der Waals surface area (Å²) in [4.78, 5) is 26.0. The van der Waals surface area contributed by atoms with Gasteiger partial charge in [0.05, 0.1) is 0 Å². The molecule has 1 aliphatic rings. The summed E-state index contributed by atoms with van der Waals surface area (Å²) in [5.74, 6) is 1.39. The number of aromatic nitrogens is 3. The molecule has 1 saturated heterocycles. The molecule has 0 bridgehead atoms. The molecule has 0 aliphatic carbocycles. The number of carbonyl (C=O) groups excluding carboxylic acids is 1. The molecule has 2 aromatic rings. The van der Waals surface area contributed by atoms with E-state index in [9.17, 15) is 4.79 Å². The number of aryl methyl sites for hydroxylation is 1. The van der Waals surface area contributed by atoms with Crippen LogP contribution in [0.3, 0.4) is 0 Å². The maximum absolute atomic E-state index is 12.4. The van der Waals surface area contributed by atoms with Crippen LogP contribution in [0.25, 0.3) is 0 Å². The van der Waals surface area contributed by atoms with Crippen molar-refractivity contribution in [2.75, 3.05) is 13.1 Å². The van der Waals surface area contributed by atoms with Crippen LogP contribution in [0.5, 0.6) is 0 Å². The highest BCUT2D eigenvalue weighted by molar-refractivity contribution is 5.94. The molecule has 1 fully saturated rings. The van der Waals surface area contributed by atoms with Gasteiger partial charge in [-0.3, -0.25) is 9.78 Å². The number of pyridine rings is 1. The Morgan fingerprint density at radius 1 is 1.40 bits per heavy atom. The largest absolute Gasteiger partial charge is 0.346 e. The summed E-state index contributed by atoms with van der Waals surface area (Å²) in [6, 6.07) is 3.53. The van der Waals surface area contributed by atoms with Crippen LogP contribution in [0.2, 0.25) is 0 Å². The van der Waals surface area contributed by atoms with Crippen molar-refractivity contribution >= 4 is 5.91 Å². The van der Waals surface area contributed by atoms with Gasteiger partial charge in [0.15, 0.2) is 0 Å². The molecule has 3 rings (SSSR count). The minimum Gasteiger partial charge on any atom is -0.346 e. The van der Waals surface area contributed by atoms with Crippen LogP contribution in [0.15, 0.2) is 30.7 Å². The number of aromatic amines is 1. The summed E-state index contributed by atoms with van der Waals surface area (Å²) in [6.45, 7) is 3.55. The molecule has 1 unspecified atom stereocenters. The maximum Gasteiger partial charge on any atom is 0.253 e. The number of amides is 1. The molecule has 0 radical (unpaired) electrons. The SMILES string of the molecule is Cc1cnc(C2CCCN(C(=O)c3ccncc3)C2)[nH]1. The zero-order chi connectivity index (χ0) is 13.9. The first-order valence-electron chi connectivity index (χ1n) is 6.95. The molecule has 0 spiro atoms. The smallest absolute Gasteiger partial charge is 0.253 e. The Hall–Kier alpha value is -2.17. The quantitative estimate of drug-likeness (QED) is 0.909. The molecule has 2 aromatic heterocycles. The summed E-state index contributed by atoms with van der Waals surface area (Å²) in [6.07, 6.45) is 7.25. The highest BCUT2D eigenvalue weighted by atomic mass is 16.2. The van der Waals surface area contributed by atoms with Crippen molar-refractivity contribution in [2.24, 2.45) is 0 Å². The van der Waals surface area contributed by atoms with Crippen molar-refractivity contribution in [3.8, 4) is 0 Å². The molecule has 5 nitrogen and oxygen atoms in total. The lowest BCUT2D eigenvalue weighted by Gasteiger charge is -2.32. The average molecular weight is 270 g/mol. The molecule has 20 heavy (non-hydrogen) atoms. The fraction of sp³-hybridized carbons (Fsp3) is 0.400. The standard InChI is InChI=1S/C15H18N4O/c1-11-9-17-14(18-11)13-3-2-8-19(10-13)15(20)12-4-6-16-7-5-12/h4-7,9,13H,2-3,8,10H2,1H3,(H,17,18). The van der Waals surface area contributed by atoms with Gasteiger partial charge < -0.3 is 9.88 Å². The van der Waals surface area contributed by atoms with Crippen molar-refractivity contribution in [3.05, 3.63) is 47.8 Å². The van der Waals surface area contributed by atoms with E-state index in [1.54, 1.807) is 24.5 Å². The fourth-order valence-electron chi connectivity index (χ4n) is 2.70. The number of nitrogens with zero attached hydrogens (tertiary/aromatic N) is 3. The Balaban J connectivity index is 1.74. The van der Waals surface area contributed by atoms with Crippen LogP contribution in [-0.4, -0.2) is 38.8 Å². The molecule has 0 aromatic carbocycles. The first kappa shape index (κ1) is 12.8. The maximum atomic E-state index is 12.4. The highest BCUT2D eigenvalue weighted by Gasteiger charge is 2.26. The number of hydrogen-bond acceptors (Lipinski definition) is 3. The third-order valence-electron chi connectivity index (χ3n) is 3.75. The highest BCUT2D eigenvalue weighted by Crippen LogP contribution is 2.25. The van der Waals surface area contributed by atoms with Gasteiger partial charge in [-0.15, -0.1) is 0 Å². The van der Waals surface area contributed by atoms with E-state index in [0.717, 1.165) is 37.4 Å². The van der Waals surface area contributed by atoms with Crippen molar-refractivity contribution < 1.29 is 4.79 Å². The van der Waals surface area contributed by atoms with E-state index < -0.39 is 0 Å². The lowest BCUT2D eigenvalue weighted by molar-refractivity contribution is 0.0704. The predicted octanol–water partition coefficient (Wildman–Crippen LogP) is 2.13. The van der Waals surface area contributed by atoms with Crippen LogP contribution in [0, 0.1) is 6.92 Å². The molecule has 0 saturated carbocycles. The second-order valence-corrected chi connectivity index (χ2v) is 5.28. The molecule has 1 aliphatic heterocycles. The summed E-state index contributed by atoms with van der Waals surface area (Å²) < 4.78 is 0. The molecule has 1 atom stereocenters. The minimum atomic E-state index is 0.0837. The van der Waals surface area contributed by atoms with Gasteiger partial charge in [0.1, 0.15) is 5.82 Å². The zero-order valence-corrected chi connectivity index (χ0v) is 11.5. The van der Waals surface area contributed by atoms with Crippen molar-refractivity contribution in [1.82, 2.24) is 19.9 Å². The van der Waals surface area contributed by atoms with Gasteiger partial charge in [-0.25, -0.2) is 4.98 Å². The minimum absolute atomic E-state index is 0.0837. The molecule has 1 N–H and O–H groups in total. The number of likely N-dealkylation sites (tertiary alicyclic amines) is 1. The first-order chi connectivity index (χ1) is 9.74. The van der Waals surface area contributed by atoms with E-state index in [1.807, 2.05) is 18.0 Å². The molecule has 104 valence electrons. The van der Waals surface area contributed by atoms with Gasteiger partial charge in [0.2, 0.25) is 0 Å². The topological polar surface area (TPSA) is 61.9 Å². The first-order valence-corrected chi connectivity index (χ1v) is 6.95. The fourth-order valence-corrected chi connectivity index (χ4v) is 2.70. The number of piperidine rings is 1. The van der Waals surface area contributed by atoms with E-state index in [4.69, 9.17) is 0 Å². The number of H-pyrrole nitrogens is 1. The summed E-state index contributed by atoms with van der Waals surface area (Å²) >= 11 is 0. The van der Waals surface area contributed by atoms with Gasteiger partial charge in [-0.05, 0) is 31.9 Å². The summed E-state index contributed by atoms with van der Waals surface area (Å²) in [5.41, 5.74) is 1.77. The van der Waals surface area contributed by atoms with Crippen LogP contribution in [-0.2, 0) is 0 Å². The normalized spacial score (nSPS) is 19.1. The van der Waals surface area contributed by atoms with Crippen molar-refractivity contribution in [1.29, 1.82) is 0 Å². The molecular weight excluding hydrogens is 252 g/mol. The van der Waals surface area contributed by atoms with Gasteiger partial charge in [-0.2, -0.15) is 0 Å². The molecule has 1 amide bonds. The van der Waals surface area contributed by atoms with E-state index in [-0.39, 0.29) is 5.91 Å². The lowest BCUT2D eigenvalue weighted by Crippen LogP contribution is -2.39. The number of nitrogens with one attached hydrogen (secondary N) is 1. The van der Waals surface area contributed by atoms with E-state index in [1.165, 1.54) is 0 Å². The summed E-state index contributed by atoms with van der Waals surface area (Å²) in [7, 11) is 0. The molecule has 3 heterocycles. The lowest BCUT2D eigenvalue weighted by atomic mass is 9.97. The van der Waals surface area contributed by atoms with Crippen LogP contribution in [0.4, 0.5) is 0 Å². The van der Waals surface area contributed by atoms with E-state index >= 15 is 0 Å². The number of hydrogen-bond donors (Lipinski definition) is 1.